The maximum atomic E-state index is 12.1. The van der Waals surface area contributed by atoms with Crippen LogP contribution in [0.5, 0.6) is 0 Å². The van der Waals surface area contributed by atoms with Gasteiger partial charge in [-0.3, -0.25) is 19.4 Å². The van der Waals surface area contributed by atoms with Crippen LogP contribution in [0, 0.1) is 0 Å². The van der Waals surface area contributed by atoms with Crippen LogP contribution in [0.3, 0.4) is 0 Å². The zero-order valence-electron chi connectivity index (χ0n) is 13.5. The Bertz CT molecular complexity index is 878. The molecule has 1 atom stereocenters. The van der Waals surface area contributed by atoms with Gasteiger partial charge in [-0.25, -0.2) is 0 Å². The highest BCUT2D eigenvalue weighted by Gasteiger charge is 2.24. The van der Waals surface area contributed by atoms with Crippen molar-refractivity contribution in [3.05, 3.63) is 38.9 Å². The molecule has 2 N–H and O–H groups in total. The van der Waals surface area contributed by atoms with E-state index in [1.807, 2.05) is 0 Å². The first-order valence-electron chi connectivity index (χ1n) is 8.16. The van der Waals surface area contributed by atoms with E-state index in [0.717, 1.165) is 13.1 Å². The maximum absolute atomic E-state index is 12.1. The van der Waals surface area contributed by atoms with Gasteiger partial charge in [-0.2, -0.15) is 10.1 Å². The van der Waals surface area contributed by atoms with Crippen LogP contribution in [0.1, 0.15) is 23.8 Å². The van der Waals surface area contributed by atoms with Gasteiger partial charge in [0.25, 0.3) is 5.56 Å². The third-order valence-electron chi connectivity index (χ3n) is 4.52. The summed E-state index contributed by atoms with van der Waals surface area (Å²) in [5.41, 5.74) is 0.430. The van der Waals surface area contributed by atoms with Crippen molar-refractivity contribution in [1.82, 2.24) is 24.6 Å². The molecule has 1 unspecified atom stereocenters. The number of thiophene rings is 1. The number of anilines is 1. The number of hydrogen-bond donors (Lipinski definition) is 2. The third-order valence-corrected chi connectivity index (χ3v) is 5.49. The van der Waals surface area contributed by atoms with Crippen molar-refractivity contribution in [1.29, 1.82) is 0 Å². The summed E-state index contributed by atoms with van der Waals surface area (Å²) in [5.74, 6) is 0.497. The number of nitrogens with one attached hydrogen (secondary N) is 2. The summed E-state index contributed by atoms with van der Waals surface area (Å²) >= 11 is 1.77. The number of aromatic nitrogens is 4. The molecule has 4 heterocycles. The van der Waals surface area contributed by atoms with Gasteiger partial charge in [0.2, 0.25) is 5.95 Å². The summed E-state index contributed by atoms with van der Waals surface area (Å²) in [4.78, 5) is 23.3. The van der Waals surface area contributed by atoms with Crippen LogP contribution < -0.4 is 10.9 Å². The van der Waals surface area contributed by atoms with Crippen molar-refractivity contribution in [2.45, 2.75) is 18.9 Å². The minimum Gasteiger partial charge on any atom is -0.354 e. The van der Waals surface area contributed by atoms with E-state index in [1.54, 1.807) is 29.3 Å². The van der Waals surface area contributed by atoms with E-state index in [1.165, 1.54) is 17.7 Å². The average molecular weight is 344 g/mol. The topological polar surface area (TPSA) is 78.8 Å². The van der Waals surface area contributed by atoms with Gasteiger partial charge < -0.3 is 5.32 Å². The molecule has 3 aromatic heterocycles. The fraction of sp³-hybridized carbons (Fsp3) is 0.438. The number of fused-ring (bicyclic) bond motifs is 1. The van der Waals surface area contributed by atoms with Crippen molar-refractivity contribution >= 4 is 28.3 Å². The molecule has 0 aliphatic carbocycles. The first kappa shape index (κ1) is 15.3. The van der Waals surface area contributed by atoms with Crippen LogP contribution in [-0.2, 0) is 7.05 Å². The van der Waals surface area contributed by atoms with Gasteiger partial charge in [0, 0.05) is 18.5 Å². The molecular formula is C16H20N6OS. The molecule has 0 aromatic carbocycles. The Labute approximate surface area is 143 Å². The van der Waals surface area contributed by atoms with Gasteiger partial charge in [0.1, 0.15) is 5.39 Å². The second-order valence-corrected chi connectivity index (χ2v) is 7.05. The molecule has 7 nitrogen and oxygen atoms in total. The lowest BCUT2D eigenvalue weighted by molar-refractivity contribution is 0.259. The molecule has 1 saturated heterocycles. The number of hydrogen-bond acceptors (Lipinski definition) is 6. The minimum absolute atomic E-state index is 0.163. The smallest absolute Gasteiger partial charge is 0.263 e. The van der Waals surface area contributed by atoms with Gasteiger partial charge >= 0.3 is 0 Å². The molecule has 8 heteroatoms. The molecule has 0 saturated carbocycles. The van der Waals surface area contributed by atoms with Crippen LogP contribution >= 0.6 is 11.3 Å². The highest BCUT2D eigenvalue weighted by molar-refractivity contribution is 7.10. The quantitative estimate of drug-likeness (QED) is 0.740. The molecule has 0 bridgehead atoms. The van der Waals surface area contributed by atoms with Crippen LogP contribution in [0.25, 0.3) is 11.0 Å². The molecule has 0 spiro atoms. The van der Waals surface area contributed by atoms with Gasteiger partial charge in [0.05, 0.1) is 12.2 Å². The lowest BCUT2D eigenvalue weighted by Crippen LogP contribution is -2.31. The SMILES string of the molecule is Cn1ncc2c(=O)[nH]c(NCC(c3cccs3)N3CCCC3)nc21. The molecule has 3 aromatic rings. The van der Waals surface area contributed by atoms with Crippen molar-refractivity contribution in [3.63, 3.8) is 0 Å². The highest BCUT2D eigenvalue weighted by Crippen LogP contribution is 2.28. The second-order valence-electron chi connectivity index (χ2n) is 6.08. The fourth-order valence-corrected chi connectivity index (χ4v) is 4.11. The van der Waals surface area contributed by atoms with E-state index in [0.29, 0.717) is 29.6 Å². The number of aromatic amines is 1. The van der Waals surface area contributed by atoms with E-state index in [9.17, 15) is 4.79 Å². The molecule has 126 valence electrons. The lowest BCUT2D eigenvalue weighted by Gasteiger charge is -2.27. The van der Waals surface area contributed by atoms with E-state index in [4.69, 9.17) is 0 Å². The Balaban J connectivity index is 1.57. The normalized spacial score (nSPS) is 16.7. The molecule has 0 radical (unpaired) electrons. The van der Waals surface area contributed by atoms with Gasteiger partial charge in [-0.1, -0.05) is 6.07 Å². The van der Waals surface area contributed by atoms with Crippen molar-refractivity contribution < 1.29 is 0 Å². The number of nitrogens with zero attached hydrogens (tertiary/aromatic N) is 4. The summed E-state index contributed by atoms with van der Waals surface area (Å²) < 4.78 is 1.62. The summed E-state index contributed by atoms with van der Waals surface area (Å²) in [5, 5.41) is 10.0. The van der Waals surface area contributed by atoms with Gasteiger partial charge in [-0.05, 0) is 37.4 Å². The summed E-state index contributed by atoms with van der Waals surface area (Å²) in [7, 11) is 1.79. The molecular weight excluding hydrogens is 324 g/mol. The predicted molar refractivity (Wildman–Crippen MR) is 95.5 cm³/mol. The lowest BCUT2D eigenvalue weighted by atomic mass is 10.2. The van der Waals surface area contributed by atoms with E-state index in [-0.39, 0.29) is 5.56 Å². The number of rotatable bonds is 5. The van der Waals surface area contributed by atoms with E-state index in [2.05, 4.69) is 42.8 Å². The zero-order chi connectivity index (χ0) is 16.5. The van der Waals surface area contributed by atoms with Crippen molar-refractivity contribution in [3.8, 4) is 0 Å². The van der Waals surface area contributed by atoms with Gasteiger partial charge in [-0.15, -0.1) is 11.3 Å². The number of H-pyrrole nitrogens is 1. The first-order chi connectivity index (χ1) is 11.7. The Morgan fingerprint density at radius 2 is 2.25 bits per heavy atom. The van der Waals surface area contributed by atoms with Crippen LogP contribution in [0.4, 0.5) is 5.95 Å². The Kier molecular flexibility index (Phi) is 4.07. The summed E-state index contributed by atoms with van der Waals surface area (Å²) in [6.45, 7) is 2.96. The van der Waals surface area contributed by atoms with Crippen LogP contribution in [0.15, 0.2) is 28.5 Å². The average Bonchev–Trinajstić information content (AvgIpc) is 3.31. The molecule has 24 heavy (non-hydrogen) atoms. The number of aryl methyl sites for hydroxylation is 1. The van der Waals surface area contributed by atoms with Crippen molar-refractivity contribution in [2.75, 3.05) is 25.0 Å². The summed E-state index contributed by atoms with van der Waals surface area (Å²) in [6.07, 6.45) is 4.04. The van der Waals surface area contributed by atoms with Crippen LogP contribution in [0.2, 0.25) is 0 Å². The van der Waals surface area contributed by atoms with Crippen LogP contribution in [-0.4, -0.2) is 44.3 Å². The fourth-order valence-electron chi connectivity index (χ4n) is 3.25. The number of likely N-dealkylation sites (tertiary alicyclic amines) is 1. The standard InChI is InChI=1S/C16H20N6OS/c1-21-14-11(9-18-21)15(23)20-16(19-14)17-10-12(13-5-4-8-24-13)22-6-2-3-7-22/h4-5,8-9,12H,2-3,6-7,10H2,1H3,(H2,17,19,20,23). The molecule has 1 fully saturated rings. The molecule has 1 aliphatic heterocycles. The molecule has 4 rings (SSSR count). The predicted octanol–water partition coefficient (Wildman–Crippen LogP) is 1.97. The Hall–Kier alpha value is -2.19. The second kappa shape index (κ2) is 6.37. The van der Waals surface area contributed by atoms with Crippen molar-refractivity contribution in [2.24, 2.45) is 7.05 Å². The largest absolute Gasteiger partial charge is 0.354 e. The van der Waals surface area contributed by atoms with Gasteiger partial charge in [0.15, 0.2) is 5.65 Å². The Morgan fingerprint density at radius 1 is 1.42 bits per heavy atom. The first-order valence-corrected chi connectivity index (χ1v) is 9.03. The minimum atomic E-state index is -0.163. The van der Waals surface area contributed by atoms with E-state index < -0.39 is 0 Å². The highest BCUT2D eigenvalue weighted by atomic mass is 32.1. The molecule has 1 aliphatic rings. The maximum Gasteiger partial charge on any atom is 0.263 e. The molecule has 0 amide bonds. The third kappa shape index (κ3) is 2.83. The van der Waals surface area contributed by atoms with E-state index >= 15 is 0 Å². The summed E-state index contributed by atoms with van der Waals surface area (Å²) in [6, 6.07) is 4.57. The Morgan fingerprint density at radius 3 is 3.00 bits per heavy atom. The monoisotopic (exact) mass is 344 g/mol. The zero-order valence-corrected chi connectivity index (χ0v) is 14.3.